The number of carboxylic acids is 4. The van der Waals surface area contributed by atoms with E-state index in [9.17, 15) is 42.7 Å². The minimum Gasteiger partial charge on any atom is -0.481 e. The molecule has 4 fully saturated rings. The van der Waals surface area contributed by atoms with Gasteiger partial charge in [0.2, 0.25) is 11.8 Å². The molecule has 4 saturated heterocycles. The summed E-state index contributed by atoms with van der Waals surface area (Å²) in [6, 6.07) is 27.1. The molecule has 69 heavy (non-hydrogen) atoms. The average Bonchev–Trinajstić information content (AvgIpc) is 4.04. The first kappa shape index (κ1) is 52.8. The Bertz CT molecular complexity index is 2370. The molecule has 366 valence electrons. The third-order valence-corrected chi connectivity index (χ3v) is 12.2. The summed E-state index contributed by atoms with van der Waals surface area (Å²) in [7, 11) is 0. The molecule has 4 aromatic carbocycles. The van der Waals surface area contributed by atoms with Crippen molar-refractivity contribution in [2.75, 3.05) is 45.5 Å². The largest absolute Gasteiger partial charge is 0.481 e. The van der Waals surface area contributed by atoms with E-state index in [1.54, 1.807) is 22.8 Å². The summed E-state index contributed by atoms with van der Waals surface area (Å²) < 4.78 is 23.4. The number of anilines is 4. The van der Waals surface area contributed by atoms with Gasteiger partial charge in [0.1, 0.15) is 31.5 Å². The lowest BCUT2D eigenvalue weighted by Crippen LogP contribution is -2.30. The van der Waals surface area contributed by atoms with Crippen LogP contribution in [0.4, 0.5) is 27.1 Å². The Morgan fingerprint density at radius 1 is 0.551 bits per heavy atom. The van der Waals surface area contributed by atoms with E-state index in [1.165, 1.54) is 39.8 Å². The number of carbonyl (C=O) groups is 8. The van der Waals surface area contributed by atoms with Crippen molar-refractivity contribution in [1.82, 2.24) is 0 Å². The molecule has 0 saturated carbocycles. The van der Waals surface area contributed by atoms with Gasteiger partial charge in [0.25, 0.3) is 11.8 Å². The zero-order valence-electron chi connectivity index (χ0n) is 38.3. The first-order chi connectivity index (χ1) is 32.7. The summed E-state index contributed by atoms with van der Waals surface area (Å²) in [6.45, 7) is 8.17. The second kappa shape index (κ2) is 24.2. The van der Waals surface area contributed by atoms with Gasteiger partial charge in [-0.25, -0.2) is 4.39 Å². The average molecular weight is 973 g/mol. The monoisotopic (exact) mass is 972 g/mol. The summed E-state index contributed by atoms with van der Waals surface area (Å²) in [5.74, 6) is -5.04. The number of rotatable bonds is 12. The van der Waals surface area contributed by atoms with Gasteiger partial charge in [-0.2, -0.15) is 0 Å². The minimum atomic E-state index is -1.09. The van der Waals surface area contributed by atoms with Crippen LogP contribution in [0.15, 0.2) is 91.0 Å². The predicted octanol–water partition coefficient (Wildman–Crippen LogP) is 6.16. The van der Waals surface area contributed by atoms with E-state index in [4.69, 9.17) is 29.9 Å². The van der Waals surface area contributed by atoms with Crippen LogP contribution in [0.25, 0.3) is 0 Å². The number of halogens is 1. The van der Waals surface area contributed by atoms with Crippen LogP contribution in [-0.2, 0) is 47.8 Å². The number of hydrogen-bond donors (Lipinski definition) is 4. The fraction of sp³-hybridized carbons (Fsp3) is 0.347. The van der Waals surface area contributed by atoms with Gasteiger partial charge in [-0.05, 0) is 111 Å². The second-order valence-electron chi connectivity index (χ2n) is 16.5. The number of hydrogen-bond acceptors (Lipinski definition) is 11. The van der Waals surface area contributed by atoms with Crippen LogP contribution in [0.5, 0.6) is 0 Å². The van der Waals surface area contributed by atoms with Crippen molar-refractivity contribution in [2.24, 2.45) is 5.92 Å². The lowest BCUT2D eigenvalue weighted by molar-refractivity contribution is -0.142. The molecule has 0 bridgehead atoms. The molecule has 0 aromatic heterocycles. The van der Waals surface area contributed by atoms with Crippen LogP contribution < -0.4 is 19.6 Å². The molecule has 18 nitrogen and oxygen atoms in total. The molecule has 0 radical (unpaired) electrons. The van der Waals surface area contributed by atoms with Crippen LogP contribution in [0.2, 0.25) is 0 Å². The van der Waals surface area contributed by atoms with Crippen LogP contribution in [-0.4, -0.2) is 111 Å². The molecule has 4 aliphatic heterocycles. The van der Waals surface area contributed by atoms with Gasteiger partial charge in [0.05, 0.1) is 42.7 Å². The van der Waals surface area contributed by atoms with E-state index in [2.05, 4.69) is 0 Å². The number of nitrogens with zero attached hydrogens (tertiary/aromatic N) is 4. The lowest BCUT2D eigenvalue weighted by Gasteiger charge is -2.17. The smallest absolute Gasteiger partial charge is 0.306 e. The van der Waals surface area contributed by atoms with Crippen LogP contribution >= 0.6 is 11.8 Å². The van der Waals surface area contributed by atoms with Crippen molar-refractivity contribution in [3.63, 3.8) is 0 Å². The molecule has 4 unspecified atom stereocenters. The van der Waals surface area contributed by atoms with Crippen molar-refractivity contribution in [2.45, 2.75) is 77.3 Å². The fourth-order valence-electron chi connectivity index (χ4n) is 7.52. The first-order valence-electron chi connectivity index (χ1n) is 21.7. The number of ether oxygens (including phenoxy) is 2. The maximum atomic E-state index is 13.1. The molecule has 4 aliphatic rings. The van der Waals surface area contributed by atoms with E-state index < -0.39 is 47.2 Å². The van der Waals surface area contributed by atoms with Gasteiger partial charge in [0, 0.05) is 29.3 Å². The zero-order chi connectivity index (χ0) is 50.5. The molecule has 4 aromatic rings. The SMILES string of the molecule is Cc1cc(N2COC(CC(=O)O)C2=O)ccc1F.Cc1cccc(N2CCC(CC(=O)O)C2=O)c1.Cc1cccc(N2COC(CC(=O)O)C2=O)c1.Cc1cccc(N2CSC(CC(=O)O)C2=O)c1. The number of carboxylic acid groups (broad SMARTS) is 4. The Labute approximate surface area is 401 Å². The van der Waals surface area contributed by atoms with Crippen molar-refractivity contribution in [3.05, 3.63) is 119 Å². The van der Waals surface area contributed by atoms with Gasteiger partial charge in [-0.3, -0.25) is 48.2 Å². The standard InChI is InChI=1S/C13H15NO3.C12H12FNO4.C12H13NO4.C12H13NO3S/c1-9-3-2-4-11(7-9)14-6-5-10(13(14)17)8-12(15)16;1-7-4-8(2-3-9(7)13)14-6-18-10(12(14)17)5-11(15)16;2*1-8-3-2-4-9(5-8)13-7-17-10(12(13)16)6-11(14)15/h2-4,7,10H,5-6,8H2,1H3,(H,15,16);2-4,10H,5-6H2,1H3,(H,15,16);2*2-5,10H,6-7H2,1H3,(H,14,15). The van der Waals surface area contributed by atoms with Gasteiger partial charge in [-0.1, -0.05) is 36.4 Å². The number of aliphatic carboxylic acids is 4. The summed E-state index contributed by atoms with van der Waals surface area (Å²) in [5, 5.41) is 34.3. The highest BCUT2D eigenvalue weighted by atomic mass is 32.2. The number of aryl methyl sites for hydroxylation is 4. The third-order valence-electron chi connectivity index (χ3n) is 11.0. The lowest BCUT2D eigenvalue weighted by atomic mass is 10.0. The highest BCUT2D eigenvalue weighted by Crippen LogP contribution is 2.32. The Morgan fingerprint density at radius 2 is 0.986 bits per heavy atom. The summed E-state index contributed by atoms with van der Waals surface area (Å²) in [5.41, 5.74) is 6.59. The first-order valence-corrected chi connectivity index (χ1v) is 22.7. The Balaban J connectivity index is 0.000000172. The summed E-state index contributed by atoms with van der Waals surface area (Å²) in [6.07, 6.45) is -2.04. The van der Waals surface area contributed by atoms with Crippen molar-refractivity contribution >= 4 is 82.0 Å². The quantitative estimate of drug-likeness (QED) is 0.124. The molecular weight excluding hydrogens is 920 g/mol. The molecule has 20 heteroatoms. The Hall–Kier alpha value is -7.16. The van der Waals surface area contributed by atoms with E-state index >= 15 is 0 Å². The van der Waals surface area contributed by atoms with Gasteiger partial charge in [0.15, 0.2) is 0 Å². The van der Waals surface area contributed by atoms with Gasteiger partial charge >= 0.3 is 23.9 Å². The molecule has 4 atom stereocenters. The van der Waals surface area contributed by atoms with Gasteiger partial charge < -0.3 is 39.7 Å². The Kier molecular flexibility index (Phi) is 18.5. The van der Waals surface area contributed by atoms with E-state index in [1.807, 2.05) is 87.5 Å². The highest BCUT2D eigenvalue weighted by Gasteiger charge is 2.38. The second-order valence-corrected chi connectivity index (χ2v) is 17.6. The molecule has 0 aliphatic carbocycles. The maximum absolute atomic E-state index is 13.1. The van der Waals surface area contributed by atoms with Crippen LogP contribution in [0.1, 0.15) is 54.4 Å². The number of benzene rings is 4. The van der Waals surface area contributed by atoms with Crippen LogP contribution in [0.3, 0.4) is 0 Å². The van der Waals surface area contributed by atoms with E-state index in [0.717, 1.165) is 33.8 Å². The molecule has 4 amide bonds. The molecule has 0 spiro atoms. The molecule has 8 rings (SSSR count). The number of amides is 4. The molecular formula is C49H53FN4O14S. The van der Waals surface area contributed by atoms with Crippen molar-refractivity contribution in [3.8, 4) is 0 Å². The summed E-state index contributed by atoms with van der Waals surface area (Å²) >= 11 is 1.38. The predicted molar refractivity (Wildman–Crippen MR) is 252 cm³/mol. The molecule has 4 N–H and O–H groups in total. The third kappa shape index (κ3) is 14.7. The van der Waals surface area contributed by atoms with Crippen molar-refractivity contribution < 1.29 is 72.6 Å². The number of carbonyl (C=O) groups excluding carboxylic acids is 4. The topological polar surface area (TPSA) is 249 Å². The Morgan fingerprint density at radius 3 is 1.42 bits per heavy atom. The fourth-order valence-corrected chi connectivity index (χ4v) is 8.65. The normalized spacial score (nSPS) is 19.6. The zero-order valence-corrected chi connectivity index (χ0v) is 39.1. The molecule has 4 heterocycles. The van der Waals surface area contributed by atoms with E-state index in [-0.39, 0.29) is 68.6 Å². The van der Waals surface area contributed by atoms with E-state index in [0.29, 0.717) is 30.1 Å². The highest BCUT2D eigenvalue weighted by molar-refractivity contribution is 8.01. The van der Waals surface area contributed by atoms with Crippen molar-refractivity contribution in [1.29, 1.82) is 0 Å². The van der Waals surface area contributed by atoms with Gasteiger partial charge in [-0.15, -0.1) is 11.8 Å². The van der Waals surface area contributed by atoms with Crippen LogP contribution in [0, 0.1) is 39.4 Å². The summed E-state index contributed by atoms with van der Waals surface area (Å²) in [4.78, 5) is 96.2. The minimum absolute atomic E-state index is 0.0121. The number of thioether (sulfide) groups is 1. The maximum Gasteiger partial charge on any atom is 0.306 e.